The second-order valence-corrected chi connectivity index (χ2v) is 5.17. The zero-order valence-corrected chi connectivity index (χ0v) is 10.9. The van der Waals surface area contributed by atoms with Crippen LogP contribution in [-0.4, -0.2) is 34.4 Å². The third kappa shape index (κ3) is 5.68. The van der Waals surface area contributed by atoms with E-state index in [4.69, 9.17) is 9.84 Å². The molecule has 0 aliphatic rings. The van der Waals surface area contributed by atoms with E-state index in [1.807, 2.05) is 27.7 Å². The van der Waals surface area contributed by atoms with Crippen LogP contribution in [0, 0.1) is 11.8 Å². The van der Waals surface area contributed by atoms with Gasteiger partial charge in [-0.15, -0.1) is 0 Å². The molecule has 0 amide bonds. The van der Waals surface area contributed by atoms with E-state index in [2.05, 4.69) is 0 Å². The maximum absolute atomic E-state index is 11.3. The molecule has 0 aromatic heterocycles. The molecule has 0 fully saturated rings. The third-order valence-electron chi connectivity index (χ3n) is 2.26. The monoisotopic (exact) mass is 246 g/mol. The minimum atomic E-state index is -1.61. The number of hydrogen-bond donors (Lipinski definition) is 2. The summed E-state index contributed by atoms with van der Waals surface area (Å²) in [4.78, 5) is 22.1. The largest absolute Gasteiger partial charge is 0.481 e. The molecule has 1 unspecified atom stereocenters. The third-order valence-corrected chi connectivity index (χ3v) is 2.26. The Morgan fingerprint density at radius 1 is 1.12 bits per heavy atom. The summed E-state index contributed by atoms with van der Waals surface area (Å²) < 4.78 is 5.39. The van der Waals surface area contributed by atoms with Gasteiger partial charge < -0.3 is 14.9 Å². The van der Waals surface area contributed by atoms with Gasteiger partial charge in [-0.25, -0.2) is 4.79 Å². The Morgan fingerprint density at radius 2 is 1.65 bits per heavy atom. The van der Waals surface area contributed by atoms with Crippen LogP contribution in [-0.2, 0) is 14.3 Å². The first-order valence-electron chi connectivity index (χ1n) is 5.78. The quantitative estimate of drug-likeness (QED) is 0.684. The Kier molecular flexibility index (Phi) is 6.16. The minimum absolute atomic E-state index is 0.0533. The van der Waals surface area contributed by atoms with Gasteiger partial charge in [-0.3, -0.25) is 4.79 Å². The molecule has 2 N–H and O–H groups in total. The first-order chi connectivity index (χ1) is 7.69. The zero-order chi connectivity index (χ0) is 13.6. The maximum Gasteiger partial charge on any atom is 0.336 e. The van der Waals surface area contributed by atoms with Crippen LogP contribution in [0.5, 0.6) is 0 Å². The lowest BCUT2D eigenvalue weighted by Gasteiger charge is -2.30. The Balaban J connectivity index is 4.94. The number of aliphatic carboxylic acids is 2. The summed E-state index contributed by atoms with van der Waals surface area (Å²) in [7, 11) is 0. The highest BCUT2D eigenvalue weighted by Gasteiger charge is 2.42. The number of rotatable bonds is 8. The van der Waals surface area contributed by atoms with Crippen molar-refractivity contribution in [2.24, 2.45) is 11.8 Å². The van der Waals surface area contributed by atoms with Gasteiger partial charge in [0.1, 0.15) is 0 Å². The van der Waals surface area contributed by atoms with Crippen molar-refractivity contribution in [1.82, 2.24) is 0 Å². The Bertz CT molecular complexity index is 272. The fourth-order valence-electron chi connectivity index (χ4n) is 1.64. The van der Waals surface area contributed by atoms with E-state index < -0.39 is 24.0 Å². The molecular formula is C12H22O5. The second kappa shape index (κ2) is 6.59. The van der Waals surface area contributed by atoms with Gasteiger partial charge in [0.2, 0.25) is 0 Å². The smallest absolute Gasteiger partial charge is 0.336 e. The molecule has 0 heterocycles. The van der Waals surface area contributed by atoms with Crippen molar-refractivity contribution in [3.8, 4) is 0 Å². The highest BCUT2D eigenvalue weighted by molar-refractivity contribution is 5.84. The van der Waals surface area contributed by atoms with Gasteiger partial charge in [-0.05, 0) is 18.3 Å². The Morgan fingerprint density at radius 3 is 1.94 bits per heavy atom. The number of hydrogen-bond acceptors (Lipinski definition) is 3. The predicted molar refractivity (Wildman–Crippen MR) is 62.9 cm³/mol. The van der Waals surface area contributed by atoms with Gasteiger partial charge in [0.05, 0.1) is 13.0 Å². The molecule has 0 spiro atoms. The molecule has 0 saturated heterocycles. The van der Waals surface area contributed by atoms with Crippen molar-refractivity contribution in [2.75, 3.05) is 6.61 Å². The number of carboxylic acids is 2. The standard InChI is InChI=1S/C12H22O5/c1-8(2)5-12(11(15)16,6-10(13)14)17-7-9(3)4/h8-9H,5-7H2,1-4H3,(H,13,14)(H,15,16). The molecule has 1 atom stereocenters. The van der Waals surface area contributed by atoms with E-state index in [9.17, 15) is 14.7 Å². The summed E-state index contributed by atoms with van der Waals surface area (Å²) in [5, 5.41) is 18.1. The molecule has 17 heavy (non-hydrogen) atoms. The van der Waals surface area contributed by atoms with Gasteiger partial charge in [-0.1, -0.05) is 27.7 Å². The maximum atomic E-state index is 11.3. The number of carbonyl (C=O) groups is 2. The molecule has 0 saturated carbocycles. The highest BCUT2D eigenvalue weighted by Crippen LogP contribution is 2.26. The van der Waals surface area contributed by atoms with Crippen LogP contribution < -0.4 is 0 Å². The topological polar surface area (TPSA) is 83.8 Å². The van der Waals surface area contributed by atoms with E-state index in [0.717, 1.165) is 0 Å². The number of ether oxygens (including phenoxy) is 1. The van der Waals surface area contributed by atoms with Crippen molar-refractivity contribution in [2.45, 2.75) is 46.1 Å². The SMILES string of the molecule is CC(C)COC(CC(=O)O)(CC(C)C)C(=O)O. The highest BCUT2D eigenvalue weighted by atomic mass is 16.5. The van der Waals surface area contributed by atoms with Crippen molar-refractivity contribution in [1.29, 1.82) is 0 Å². The number of carboxylic acid groups (broad SMARTS) is 2. The van der Waals surface area contributed by atoms with Crippen LogP contribution in [0.4, 0.5) is 0 Å². The minimum Gasteiger partial charge on any atom is -0.481 e. The van der Waals surface area contributed by atoms with E-state index in [1.54, 1.807) is 0 Å². The average molecular weight is 246 g/mol. The molecule has 5 nitrogen and oxygen atoms in total. The fourth-order valence-corrected chi connectivity index (χ4v) is 1.64. The molecule has 0 aromatic rings. The lowest BCUT2D eigenvalue weighted by molar-refractivity contribution is -0.177. The van der Waals surface area contributed by atoms with Crippen LogP contribution in [0.25, 0.3) is 0 Å². The first-order valence-corrected chi connectivity index (χ1v) is 5.78. The zero-order valence-electron chi connectivity index (χ0n) is 10.9. The lowest BCUT2D eigenvalue weighted by atomic mass is 9.89. The van der Waals surface area contributed by atoms with Crippen molar-refractivity contribution in [3.63, 3.8) is 0 Å². The van der Waals surface area contributed by atoms with E-state index in [-0.39, 0.29) is 24.9 Å². The predicted octanol–water partition coefficient (Wildman–Crippen LogP) is 2.00. The average Bonchev–Trinajstić information content (AvgIpc) is 2.11. The molecule has 100 valence electrons. The van der Waals surface area contributed by atoms with Crippen LogP contribution in [0.2, 0.25) is 0 Å². The summed E-state index contributed by atoms with van der Waals surface area (Å²) in [6, 6.07) is 0. The van der Waals surface area contributed by atoms with Gasteiger partial charge in [0, 0.05) is 0 Å². The van der Waals surface area contributed by atoms with Crippen LogP contribution >= 0.6 is 0 Å². The van der Waals surface area contributed by atoms with Crippen molar-refractivity contribution >= 4 is 11.9 Å². The fraction of sp³-hybridized carbons (Fsp3) is 0.833. The molecule has 0 aliphatic carbocycles. The molecule has 5 heteroatoms. The Labute approximate surface area is 102 Å². The van der Waals surface area contributed by atoms with Crippen LogP contribution in [0.15, 0.2) is 0 Å². The van der Waals surface area contributed by atoms with Gasteiger partial charge >= 0.3 is 11.9 Å². The summed E-state index contributed by atoms with van der Waals surface area (Å²) in [5.74, 6) is -2.14. The van der Waals surface area contributed by atoms with Crippen molar-refractivity contribution < 1.29 is 24.5 Å². The summed E-state index contributed by atoms with van der Waals surface area (Å²) >= 11 is 0. The summed E-state index contributed by atoms with van der Waals surface area (Å²) in [6.07, 6.45) is -0.311. The van der Waals surface area contributed by atoms with Gasteiger partial charge in [-0.2, -0.15) is 0 Å². The molecular weight excluding hydrogens is 224 g/mol. The first kappa shape index (κ1) is 15.9. The van der Waals surface area contributed by atoms with E-state index in [0.29, 0.717) is 0 Å². The molecule has 0 bridgehead atoms. The van der Waals surface area contributed by atoms with Crippen LogP contribution in [0.1, 0.15) is 40.5 Å². The Hall–Kier alpha value is -1.10. The van der Waals surface area contributed by atoms with Gasteiger partial charge in [0.15, 0.2) is 5.60 Å². The summed E-state index contributed by atoms with van der Waals surface area (Å²) in [5.41, 5.74) is -1.61. The van der Waals surface area contributed by atoms with Crippen LogP contribution in [0.3, 0.4) is 0 Å². The normalized spacial score (nSPS) is 14.9. The molecule has 0 aliphatic heterocycles. The van der Waals surface area contributed by atoms with E-state index >= 15 is 0 Å². The van der Waals surface area contributed by atoms with Gasteiger partial charge in [0.25, 0.3) is 0 Å². The van der Waals surface area contributed by atoms with E-state index in [1.165, 1.54) is 0 Å². The van der Waals surface area contributed by atoms with Crippen molar-refractivity contribution in [3.05, 3.63) is 0 Å². The molecule has 0 radical (unpaired) electrons. The summed E-state index contributed by atoms with van der Waals surface area (Å²) in [6.45, 7) is 7.72. The molecule has 0 rings (SSSR count). The lowest BCUT2D eigenvalue weighted by Crippen LogP contribution is -2.45. The molecule has 0 aromatic carbocycles. The second-order valence-electron chi connectivity index (χ2n) is 5.17.